The third kappa shape index (κ3) is 17.5. The van der Waals surface area contributed by atoms with Crippen LogP contribution in [0.4, 0.5) is 17.2 Å². The molecule has 2 aromatic carbocycles. The monoisotopic (exact) mass is 1100 g/mol. The maximum absolute atomic E-state index is 14.0. The van der Waals surface area contributed by atoms with Crippen molar-refractivity contribution >= 4 is 64.0 Å². The van der Waals surface area contributed by atoms with E-state index in [4.69, 9.17) is 23.7 Å². The van der Waals surface area contributed by atoms with Gasteiger partial charge in [-0.05, 0) is 35.6 Å². The summed E-state index contributed by atoms with van der Waals surface area (Å²) in [6, 6.07) is 12.7. The van der Waals surface area contributed by atoms with Crippen molar-refractivity contribution < 1.29 is 57.6 Å². The van der Waals surface area contributed by atoms with Gasteiger partial charge >= 0.3 is 0 Å². The van der Waals surface area contributed by atoms with Crippen molar-refractivity contribution in [3.05, 3.63) is 77.3 Å². The summed E-state index contributed by atoms with van der Waals surface area (Å²) in [6.45, 7) is 8.96. The van der Waals surface area contributed by atoms with Crippen LogP contribution in [0.1, 0.15) is 61.8 Å². The molecule has 4 heterocycles. The number of benzene rings is 2. The molecule has 7 N–H and O–H groups in total. The van der Waals surface area contributed by atoms with Gasteiger partial charge in [0.2, 0.25) is 29.5 Å². The van der Waals surface area contributed by atoms with Gasteiger partial charge in [0, 0.05) is 52.5 Å². The Morgan fingerprint density at radius 2 is 1.50 bits per heavy atom. The van der Waals surface area contributed by atoms with E-state index in [0.717, 1.165) is 21.7 Å². The van der Waals surface area contributed by atoms with Gasteiger partial charge in [-0.25, -0.2) is 9.97 Å². The molecule has 25 nitrogen and oxygen atoms in total. The molecule has 78 heavy (non-hydrogen) atoms. The third-order valence-corrected chi connectivity index (χ3v) is 13.0. The van der Waals surface area contributed by atoms with Crippen LogP contribution in [-0.2, 0) is 56.5 Å². The molecule has 1 saturated heterocycles. The fourth-order valence-electron chi connectivity index (χ4n) is 8.03. The number of aliphatic hydroxyl groups excluding tert-OH is 1. The van der Waals surface area contributed by atoms with Crippen LogP contribution in [0.25, 0.3) is 21.8 Å². The summed E-state index contributed by atoms with van der Waals surface area (Å²) in [4.78, 5) is 89.3. The van der Waals surface area contributed by atoms with Crippen molar-refractivity contribution in [2.45, 2.75) is 71.7 Å². The molecule has 1 aliphatic rings. The average molecular weight is 1100 g/mol. The van der Waals surface area contributed by atoms with E-state index in [1.54, 1.807) is 53.1 Å². The molecule has 5 aromatic rings. The summed E-state index contributed by atoms with van der Waals surface area (Å²) in [5, 5.41) is 39.4. The Labute approximate surface area is 455 Å². The SMILES string of the molecule is CNC(=O)c1nnc(NC(=O)CNC(=O)CCOCCOCCOCCOCCC(=O)N[C@H](C(=O)N2C[C@H](O)C[C@H]2C(=O)NCc2ccc(-c3scnc3C)cc2)C(C)(C)C)cc1Nc1cccc(-c2ncn(C)n2)c1OC. The van der Waals surface area contributed by atoms with E-state index in [0.29, 0.717) is 22.8 Å². The molecule has 0 spiro atoms. The molecule has 0 aliphatic carbocycles. The zero-order chi connectivity index (χ0) is 56.2. The zero-order valence-electron chi connectivity index (χ0n) is 44.9. The first-order chi connectivity index (χ1) is 37.4. The maximum Gasteiger partial charge on any atom is 0.273 e. The highest BCUT2D eigenvalue weighted by Crippen LogP contribution is 2.37. The molecule has 0 saturated carbocycles. The topological polar surface area (TPSA) is 314 Å². The normalized spacial score (nSPS) is 14.6. The first-order valence-corrected chi connectivity index (χ1v) is 26.2. The Morgan fingerprint density at radius 3 is 2.10 bits per heavy atom. The number of ether oxygens (including phenoxy) is 5. The van der Waals surface area contributed by atoms with E-state index < -0.39 is 53.1 Å². The van der Waals surface area contributed by atoms with Crippen LogP contribution < -0.4 is 36.6 Å². The van der Waals surface area contributed by atoms with Crippen molar-refractivity contribution in [2.24, 2.45) is 12.5 Å². The number of carbonyl (C=O) groups excluding carboxylic acids is 6. The number of aliphatic hydroxyl groups is 1. The number of carbonyl (C=O) groups is 6. The number of aromatic nitrogens is 6. The number of likely N-dealkylation sites (tertiary alicyclic amines) is 1. The first kappa shape index (κ1) is 59.7. The number of anilines is 3. The van der Waals surface area contributed by atoms with Gasteiger partial charge in [0.1, 0.15) is 18.4 Å². The number of aryl methyl sites for hydroxylation is 2. The van der Waals surface area contributed by atoms with Crippen molar-refractivity contribution in [2.75, 3.05) is 90.7 Å². The Morgan fingerprint density at radius 1 is 0.833 bits per heavy atom. The highest BCUT2D eigenvalue weighted by Gasteiger charge is 2.44. The van der Waals surface area contributed by atoms with Crippen LogP contribution >= 0.6 is 11.3 Å². The summed E-state index contributed by atoms with van der Waals surface area (Å²) in [5.74, 6) is -1.92. The average Bonchev–Trinajstić information content (AvgIpc) is 4.20. The number of methoxy groups -OCH3 is 1. The molecule has 0 unspecified atom stereocenters. The number of hydrogen-bond acceptors (Lipinski definition) is 19. The largest absolute Gasteiger partial charge is 0.494 e. The van der Waals surface area contributed by atoms with Gasteiger partial charge in [0.25, 0.3) is 5.91 Å². The van der Waals surface area contributed by atoms with Crippen LogP contribution in [0.2, 0.25) is 0 Å². The van der Waals surface area contributed by atoms with Gasteiger partial charge in [0.05, 0.1) is 106 Å². The number of rotatable bonds is 29. The quantitative estimate of drug-likeness (QED) is 0.0338. The summed E-state index contributed by atoms with van der Waals surface area (Å²) in [5.41, 5.74) is 5.19. The lowest BCUT2D eigenvalue weighted by atomic mass is 9.85. The fraction of sp³-hybridized carbons (Fsp3) is 0.481. The smallest absolute Gasteiger partial charge is 0.273 e. The highest BCUT2D eigenvalue weighted by atomic mass is 32.1. The Hall–Kier alpha value is -7.49. The third-order valence-electron chi connectivity index (χ3n) is 12.1. The lowest BCUT2D eigenvalue weighted by molar-refractivity contribution is -0.144. The number of nitrogens with zero attached hydrogens (tertiary/aromatic N) is 7. The van der Waals surface area contributed by atoms with Gasteiger partial charge in [-0.3, -0.25) is 33.4 Å². The number of thiazole rings is 1. The van der Waals surface area contributed by atoms with Crippen LogP contribution in [0.15, 0.2) is 60.4 Å². The minimum absolute atomic E-state index is 0.00611. The molecule has 26 heteroatoms. The van der Waals surface area contributed by atoms with Gasteiger partial charge in [-0.1, -0.05) is 51.1 Å². The van der Waals surface area contributed by atoms with E-state index >= 15 is 0 Å². The molecule has 6 rings (SSSR count). The molecular formula is C52H69N13O12S. The minimum atomic E-state index is -0.960. The summed E-state index contributed by atoms with van der Waals surface area (Å²) in [6.07, 6.45) is 0.736. The molecule has 6 amide bonds. The number of para-hydroxylation sites is 1. The standard InChI is InChI=1S/C52H69N13O12S/c1-32-46(78-31-57-32)34-13-11-33(12-14-34)27-55-49(70)39-25-35(66)29-65(39)51(72)47(52(2,3)4)60-42(68)16-18-75-20-22-77-24-23-76-21-19-74-17-15-41(67)54-28-43(69)59-40-26-38(44(62-61-40)50(71)53-5)58-37-10-8-9-36(45(37)73-7)48-56-30-64(6)63-48/h8-14,26,30-31,35,39,47,66H,15-25,27-29H2,1-7H3,(H,53,71)(H,54,67)(H,55,70)(H,60,68)(H2,58,59,61,69)/t35-,39+,47-/m1/s1. The number of hydrogen-bond donors (Lipinski definition) is 7. The van der Waals surface area contributed by atoms with Crippen LogP contribution in [0.5, 0.6) is 5.75 Å². The molecule has 1 fully saturated rings. The van der Waals surface area contributed by atoms with Crippen LogP contribution in [0, 0.1) is 12.3 Å². The second kappa shape index (κ2) is 29.3. The first-order valence-electron chi connectivity index (χ1n) is 25.3. The van der Waals surface area contributed by atoms with Crippen LogP contribution in [-0.4, -0.2) is 174 Å². The van der Waals surface area contributed by atoms with Crippen molar-refractivity contribution in [1.82, 2.24) is 56.1 Å². The lowest BCUT2D eigenvalue weighted by Gasteiger charge is -2.35. The fourth-order valence-corrected chi connectivity index (χ4v) is 8.84. The van der Waals surface area contributed by atoms with Crippen molar-refractivity contribution in [1.29, 1.82) is 0 Å². The van der Waals surface area contributed by atoms with Gasteiger partial charge in [-0.15, -0.1) is 21.5 Å². The Kier molecular flexibility index (Phi) is 22.4. The summed E-state index contributed by atoms with van der Waals surface area (Å²) >= 11 is 1.56. The summed E-state index contributed by atoms with van der Waals surface area (Å²) < 4.78 is 29.4. The van der Waals surface area contributed by atoms with Gasteiger partial charge < -0.3 is 65.6 Å². The zero-order valence-corrected chi connectivity index (χ0v) is 45.7. The predicted octanol–water partition coefficient (Wildman–Crippen LogP) is 2.53. The Bertz CT molecular complexity index is 2820. The lowest BCUT2D eigenvalue weighted by Crippen LogP contribution is -2.57. The van der Waals surface area contributed by atoms with E-state index in [1.165, 1.54) is 25.1 Å². The van der Waals surface area contributed by atoms with E-state index in [1.807, 2.05) is 52.0 Å². The highest BCUT2D eigenvalue weighted by molar-refractivity contribution is 7.13. The molecule has 420 valence electrons. The van der Waals surface area contributed by atoms with Gasteiger partial charge in [0.15, 0.2) is 23.1 Å². The molecular weight excluding hydrogens is 1030 g/mol. The van der Waals surface area contributed by atoms with Crippen molar-refractivity contribution in [3.63, 3.8) is 0 Å². The second-order valence-electron chi connectivity index (χ2n) is 19.0. The summed E-state index contributed by atoms with van der Waals surface area (Å²) in [7, 11) is 4.68. The second-order valence-corrected chi connectivity index (χ2v) is 19.9. The minimum Gasteiger partial charge on any atom is -0.494 e. The number of amides is 6. The number of nitrogens with one attached hydrogen (secondary N) is 6. The van der Waals surface area contributed by atoms with Crippen molar-refractivity contribution in [3.8, 4) is 27.6 Å². The van der Waals surface area contributed by atoms with Crippen LogP contribution in [0.3, 0.4) is 0 Å². The molecule has 3 aromatic heterocycles. The molecule has 0 radical (unpaired) electrons. The maximum atomic E-state index is 14.0. The number of β-amino-alcohol motifs (C(OH)–C–C–N with tert-alkyl or cyclic N) is 1. The molecule has 3 atom stereocenters. The molecule has 0 bridgehead atoms. The van der Waals surface area contributed by atoms with Gasteiger partial charge in [-0.2, -0.15) is 5.10 Å². The van der Waals surface area contributed by atoms with E-state index in [-0.39, 0.29) is 115 Å². The Balaban J connectivity index is 0.798. The van der Waals surface area contributed by atoms with E-state index in [9.17, 15) is 33.9 Å². The van der Waals surface area contributed by atoms with E-state index in [2.05, 4.69) is 57.2 Å². The predicted molar refractivity (Wildman–Crippen MR) is 287 cm³/mol. The molecule has 1 aliphatic heterocycles.